The molecule has 0 unspecified atom stereocenters. The van der Waals surface area contributed by atoms with Gasteiger partial charge in [-0.05, 0) is 72.4 Å². The maximum Gasteiger partial charge on any atom is 0.246 e. The van der Waals surface area contributed by atoms with Crippen molar-refractivity contribution in [1.82, 2.24) is 20.9 Å². The zero-order chi connectivity index (χ0) is 32.1. The van der Waals surface area contributed by atoms with E-state index >= 15 is 0 Å². The number of carbonyl (C=O) groups excluding carboxylic acids is 6. The van der Waals surface area contributed by atoms with Crippen LogP contribution in [0.4, 0.5) is 0 Å². The molecule has 2 rings (SSSR count). The smallest absolute Gasteiger partial charge is 0.246 e. The van der Waals surface area contributed by atoms with Crippen LogP contribution >= 0.6 is 22.6 Å². The third-order valence-electron chi connectivity index (χ3n) is 6.78. The number of amides is 6. The van der Waals surface area contributed by atoms with E-state index in [0.717, 1.165) is 9.13 Å². The molecule has 1 aliphatic rings. The lowest BCUT2D eigenvalue weighted by Crippen LogP contribution is -2.58. The standard InChI is InChI=1S/C27H40IN9O6/c1-15(38)34-18(4-2-12-33-27(31)32)24(41)35-19(10-11-22(29)39)25(42)36-20(14-16-6-8-17(28)9-7-16)26(43)37-13-3-5-21(37)23(30)40/h6-9,18-21H,2-5,10-14H2,1H3,(H2,29,39)(H2,30,40)(H,34,38)(H,35,41)(H,36,42)(H4,31,32,33)/t18-,19-,20+,21+/m0/s1. The highest BCUT2D eigenvalue weighted by atomic mass is 127. The molecule has 11 N–H and O–H groups in total. The lowest BCUT2D eigenvalue weighted by atomic mass is 10.0. The number of hydrogen-bond acceptors (Lipinski definition) is 7. The molecule has 1 aromatic carbocycles. The quantitative estimate of drug-likeness (QED) is 0.0440. The van der Waals surface area contributed by atoms with Crippen molar-refractivity contribution in [2.24, 2.45) is 27.9 Å². The summed E-state index contributed by atoms with van der Waals surface area (Å²) in [7, 11) is 0. The summed E-state index contributed by atoms with van der Waals surface area (Å²) in [4.78, 5) is 81.0. The Balaban J connectivity index is 2.29. The average molecular weight is 714 g/mol. The van der Waals surface area contributed by atoms with Crippen LogP contribution in [0.25, 0.3) is 0 Å². The molecule has 0 spiro atoms. The van der Waals surface area contributed by atoms with Crippen LogP contribution in [0.3, 0.4) is 0 Å². The highest BCUT2D eigenvalue weighted by Crippen LogP contribution is 2.20. The number of nitrogens with zero attached hydrogens (tertiary/aromatic N) is 2. The summed E-state index contributed by atoms with van der Waals surface area (Å²) in [6.07, 6.45) is 1.19. The number of guanidine groups is 1. The molecule has 1 aliphatic heterocycles. The number of carbonyl (C=O) groups is 6. The highest BCUT2D eigenvalue weighted by molar-refractivity contribution is 14.1. The van der Waals surface area contributed by atoms with Gasteiger partial charge in [-0.2, -0.15) is 0 Å². The minimum atomic E-state index is -1.27. The summed E-state index contributed by atoms with van der Waals surface area (Å²) < 4.78 is 0.975. The number of aliphatic imine (C=N–C) groups is 1. The van der Waals surface area contributed by atoms with E-state index in [1.54, 1.807) is 0 Å². The fraction of sp³-hybridized carbons (Fsp3) is 0.519. The first-order chi connectivity index (χ1) is 20.3. The van der Waals surface area contributed by atoms with Crippen LogP contribution in [0.2, 0.25) is 0 Å². The topological polar surface area (TPSA) is 258 Å². The Morgan fingerprint density at radius 1 is 0.930 bits per heavy atom. The summed E-state index contributed by atoms with van der Waals surface area (Å²) in [5.74, 6) is -3.85. The molecular formula is C27H40IN9O6. The van der Waals surface area contributed by atoms with Crippen molar-refractivity contribution in [3.05, 3.63) is 33.4 Å². The number of nitrogens with two attached hydrogens (primary N) is 4. The monoisotopic (exact) mass is 713 g/mol. The Morgan fingerprint density at radius 2 is 1.53 bits per heavy atom. The van der Waals surface area contributed by atoms with Gasteiger partial charge in [0.1, 0.15) is 24.2 Å². The molecule has 236 valence electrons. The Bertz CT molecular complexity index is 1210. The predicted octanol–water partition coefficient (Wildman–Crippen LogP) is -1.90. The SMILES string of the molecule is CC(=O)N[C@@H](CCCN=C(N)N)C(=O)N[C@@H](CCC(N)=O)C(=O)N[C@H](Cc1ccc(I)cc1)C(=O)N1CCC[C@@H]1C(N)=O. The molecule has 1 saturated heterocycles. The van der Waals surface area contributed by atoms with Crippen LogP contribution < -0.4 is 38.9 Å². The van der Waals surface area contributed by atoms with E-state index in [-0.39, 0.29) is 38.2 Å². The molecule has 1 fully saturated rings. The van der Waals surface area contributed by atoms with Crippen LogP contribution in [0.15, 0.2) is 29.3 Å². The zero-order valence-electron chi connectivity index (χ0n) is 24.0. The van der Waals surface area contributed by atoms with Gasteiger partial charge >= 0.3 is 0 Å². The van der Waals surface area contributed by atoms with Gasteiger partial charge in [-0.25, -0.2) is 0 Å². The Morgan fingerprint density at radius 3 is 2.09 bits per heavy atom. The second-order valence-corrected chi connectivity index (χ2v) is 11.5. The molecule has 6 amide bonds. The van der Waals surface area contributed by atoms with Gasteiger partial charge in [0.25, 0.3) is 0 Å². The third kappa shape index (κ3) is 12.0. The fourth-order valence-electron chi connectivity index (χ4n) is 4.70. The average Bonchev–Trinajstić information content (AvgIpc) is 3.43. The highest BCUT2D eigenvalue weighted by Gasteiger charge is 2.38. The predicted molar refractivity (Wildman–Crippen MR) is 167 cm³/mol. The van der Waals surface area contributed by atoms with Crippen LogP contribution in [0.5, 0.6) is 0 Å². The number of likely N-dealkylation sites (tertiary alicyclic amines) is 1. The van der Waals surface area contributed by atoms with Crippen LogP contribution in [-0.4, -0.2) is 83.6 Å². The molecule has 0 saturated carbocycles. The molecule has 4 atom stereocenters. The number of benzene rings is 1. The lowest BCUT2D eigenvalue weighted by molar-refractivity contribution is -0.141. The van der Waals surface area contributed by atoms with Gasteiger partial charge in [0.15, 0.2) is 5.96 Å². The van der Waals surface area contributed by atoms with E-state index in [9.17, 15) is 28.8 Å². The second-order valence-electron chi connectivity index (χ2n) is 10.3. The Kier molecular flexibility index (Phi) is 14.1. The lowest BCUT2D eigenvalue weighted by Gasteiger charge is -2.29. The van der Waals surface area contributed by atoms with E-state index in [4.69, 9.17) is 22.9 Å². The normalized spacial score (nSPS) is 16.3. The molecule has 15 nitrogen and oxygen atoms in total. The van der Waals surface area contributed by atoms with E-state index in [2.05, 4.69) is 43.5 Å². The van der Waals surface area contributed by atoms with Gasteiger partial charge in [-0.3, -0.25) is 33.8 Å². The zero-order valence-corrected chi connectivity index (χ0v) is 26.2. The van der Waals surface area contributed by atoms with E-state index in [0.29, 0.717) is 25.8 Å². The fourth-order valence-corrected chi connectivity index (χ4v) is 5.06. The maximum atomic E-state index is 13.7. The Labute approximate surface area is 263 Å². The van der Waals surface area contributed by atoms with Gasteiger partial charge in [0.2, 0.25) is 35.4 Å². The molecule has 1 heterocycles. The molecule has 0 bridgehead atoms. The van der Waals surface area contributed by atoms with E-state index in [1.165, 1.54) is 11.8 Å². The number of primary amides is 2. The molecule has 0 aromatic heterocycles. The second kappa shape index (κ2) is 17.2. The summed E-state index contributed by atoms with van der Waals surface area (Å²) in [6, 6.07) is 3.14. The summed E-state index contributed by atoms with van der Waals surface area (Å²) in [5.41, 5.74) is 22.3. The number of nitrogens with one attached hydrogen (secondary N) is 3. The minimum absolute atomic E-state index is 0.0965. The van der Waals surface area contributed by atoms with Crippen LogP contribution in [0.1, 0.15) is 51.0 Å². The summed E-state index contributed by atoms with van der Waals surface area (Å²) in [5, 5.41) is 7.82. The van der Waals surface area contributed by atoms with Crippen LogP contribution in [0, 0.1) is 3.57 Å². The molecule has 0 radical (unpaired) electrons. The largest absolute Gasteiger partial charge is 0.370 e. The van der Waals surface area contributed by atoms with Crippen molar-refractivity contribution in [3.63, 3.8) is 0 Å². The molecule has 43 heavy (non-hydrogen) atoms. The van der Waals surface area contributed by atoms with Crippen molar-refractivity contribution in [2.45, 2.75) is 76.0 Å². The van der Waals surface area contributed by atoms with E-state index < -0.39 is 59.6 Å². The van der Waals surface area contributed by atoms with Crippen molar-refractivity contribution in [2.75, 3.05) is 13.1 Å². The number of rotatable bonds is 16. The van der Waals surface area contributed by atoms with Crippen molar-refractivity contribution < 1.29 is 28.8 Å². The molecule has 0 aliphatic carbocycles. The van der Waals surface area contributed by atoms with Gasteiger partial charge < -0.3 is 43.8 Å². The first-order valence-electron chi connectivity index (χ1n) is 13.8. The molecular weight excluding hydrogens is 673 g/mol. The van der Waals surface area contributed by atoms with Crippen LogP contribution in [-0.2, 0) is 35.2 Å². The van der Waals surface area contributed by atoms with Crippen molar-refractivity contribution in [3.8, 4) is 0 Å². The minimum Gasteiger partial charge on any atom is -0.370 e. The van der Waals surface area contributed by atoms with E-state index in [1.807, 2.05) is 24.3 Å². The summed E-state index contributed by atoms with van der Waals surface area (Å²) in [6.45, 7) is 1.75. The number of halogens is 1. The summed E-state index contributed by atoms with van der Waals surface area (Å²) >= 11 is 2.15. The van der Waals surface area contributed by atoms with Gasteiger partial charge in [0, 0.05) is 36.4 Å². The van der Waals surface area contributed by atoms with Gasteiger partial charge in [-0.15, -0.1) is 0 Å². The first kappa shape index (κ1) is 35.2. The van der Waals surface area contributed by atoms with Crippen molar-refractivity contribution in [1.29, 1.82) is 0 Å². The third-order valence-corrected chi connectivity index (χ3v) is 7.50. The van der Waals surface area contributed by atoms with Gasteiger partial charge in [-0.1, -0.05) is 12.1 Å². The van der Waals surface area contributed by atoms with Gasteiger partial charge in [0.05, 0.1) is 0 Å². The number of hydrogen-bond donors (Lipinski definition) is 7. The van der Waals surface area contributed by atoms with Crippen molar-refractivity contribution >= 4 is 64.0 Å². The Hall–Kier alpha value is -3.96. The maximum absolute atomic E-state index is 13.7. The molecule has 1 aromatic rings. The first-order valence-corrected chi connectivity index (χ1v) is 14.9. The molecule has 16 heteroatoms.